The normalized spacial score (nSPS) is 20.3. The average Bonchev–Trinajstić information content (AvgIpc) is 2.95. The minimum absolute atomic E-state index is 0.313. The quantitative estimate of drug-likeness (QED) is 0.479. The van der Waals surface area contributed by atoms with E-state index in [2.05, 4.69) is 11.8 Å². The van der Waals surface area contributed by atoms with E-state index in [9.17, 15) is 9.70 Å². The molecule has 0 N–H and O–H groups in total. The maximum atomic E-state index is 12.2. The van der Waals surface area contributed by atoms with E-state index < -0.39 is 6.04 Å². The molecule has 4 nitrogen and oxygen atoms in total. The number of carbonyl (C=O) groups excluding carboxylic acids is 1. The Labute approximate surface area is 134 Å². The molecule has 0 aromatic heterocycles. The molecule has 1 fully saturated rings. The lowest BCUT2D eigenvalue weighted by molar-refractivity contribution is 0.0320. The minimum atomic E-state index is -0.437. The van der Waals surface area contributed by atoms with Gasteiger partial charge in [-0.3, -0.25) is 0 Å². The third-order valence-corrected chi connectivity index (χ3v) is 4.08. The van der Waals surface area contributed by atoms with Gasteiger partial charge in [-0.1, -0.05) is 54.2 Å². The van der Waals surface area contributed by atoms with Crippen LogP contribution in [-0.2, 0) is 4.74 Å². The molecule has 116 valence electrons. The summed E-state index contributed by atoms with van der Waals surface area (Å²) in [5, 5.41) is 3.00. The molecule has 0 radical (unpaired) electrons. The first-order valence-corrected chi connectivity index (χ1v) is 7.54. The van der Waals surface area contributed by atoms with Crippen molar-refractivity contribution < 1.29 is 9.53 Å². The van der Waals surface area contributed by atoms with Gasteiger partial charge in [0, 0.05) is 12.8 Å². The van der Waals surface area contributed by atoms with Crippen LogP contribution < -0.4 is 0 Å². The highest BCUT2D eigenvalue weighted by molar-refractivity contribution is 5.90. The Morgan fingerprint density at radius 2 is 1.70 bits per heavy atom. The Kier molecular flexibility index (Phi) is 4.33. The van der Waals surface area contributed by atoms with Crippen LogP contribution in [0, 0.1) is 4.91 Å². The van der Waals surface area contributed by atoms with E-state index in [1.54, 1.807) is 12.1 Å². The van der Waals surface area contributed by atoms with E-state index in [4.69, 9.17) is 4.74 Å². The van der Waals surface area contributed by atoms with Crippen LogP contribution in [0.15, 0.2) is 71.9 Å². The number of ether oxygens (including phenoxy) is 1. The molecule has 2 aromatic rings. The number of esters is 1. The molecule has 2 atom stereocenters. The molecule has 1 aliphatic carbocycles. The van der Waals surface area contributed by atoms with Crippen LogP contribution in [0.4, 0.5) is 0 Å². The van der Waals surface area contributed by atoms with E-state index in [-0.39, 0.29) is 12.1 Å². The van der Waals surface area contributed by atoms with Crippen LogP contribution in [0.2, 0.25) is 0 Å². The summed E-state index contributed by atoms with van der Waals surface area (Å²) in [6.07, 6.45) is 0.618. The molecular weight excluding hydrogens is 290 g/mol. The number of rotatable bonds is 4. The third-order valence-electron chi connectivity index (χ3n) is 4.08. The largest absolute Gasteiger partial charge is 0.458 e. The molecular formula is C19H17NO3. The van der Waals surface area contributed by atoms with Crippen LogP contribution in [0.1, 0.15) is 23.2 Å². The van der Waals surface area contributed by atoms with Crippen molar-refractivity contribution >= 4 is 5.97 Å². The highest BCUT2D eigenvalue weighted by Gasteiger charge is 2.31. The van der Waals surface area contributed by atoms with Gasteiger partial charge >= 0.3 is 5.97 Å². The number of carbonyl (C=O) groups is 1. The predicted molar refractivity (Wildman–Crippen MR) is 89.0 cm³/mol. The van der Waals surface area contributed by atoms with E-state index in [0.717, 1.165) is 16.7 Å². The molecule has 0 bridgehead atoms. The van der Waals surface area contributed by atoms with Crippen molar-refractivity contribution in [3.63, 3.8) is 0 Å². The molecule has 1 aliphatic rings. The van der Waals surface area contributed by atoms with E-state index in [1.807, 2.05) is 42.5 Å². The summed E-state index contributed by atoms with van der Waals surface area (Å²) in [6, 6.07) is 16.8. The third kappa shape index (κ3) is 3.37. The van der Waals surface area contributed by atoms with Crippen molar-refractivity contribution in [3.8, 4) is 11.1 Å². The van der Waals surface area contributed by atoms with Crippen molar-refractivity contribution in [2.24, 2.45) is 5.18 Å². The molecule has 0 saturated heterocycles. The van der Waals surface area contributed by atoms with Crippen molar-refractivity contribution in [3.05, 3.63) is 77.2 Å². The van der Waals surface area contributed by atoms with E-state index in [1.165, 1.54) is 0 Å². The van der Waals surface area contributed by atoms with Crippen LogP contribution in [0.25, 0.3) is 11.1 Å². The second-order valence-corrected chi connectivity index (χ2v) is 5.69. The van der Waals surface area contributed by atoms with E-state index >= 15 is 0 Å². The van der Waals surface area contributed by atoms with Crippen LogP contribution in [-0.4, -0.2) is 18.1 Å². The maximum absolute atomic E-state index is 12.2. The summed E-state index contributed by atoms with van der Waals surface area (Å²) in [6.45, 7) is 3.80. The minimum Gasteiger partial charge on any atom is -0.458 e. The van der Waals surface area contributed by atoms with Crippen molar-refractivity contribution in [1.82, 2.24) is 0 Å². The Morgan fingerprint density at radius 1 is 1.04 bits per heavy atom. The van der Waals surface area contributed by atoms with Crippen molar-refractivity contribution in [1.29, 1.82) is 0 Å². The number of nitrogens with zero attached hydrogens (tertiary/aromatic N) is 1. The average molecular weight is 307 g/mol. The molecule has 0 aliphatic heterocycles. The van der Waals surface area contributed by atoms with Gasteiger partial charge in [-0.25, -0.2) is 4.79 Å². The van der Waals surface area contributed by atoms with Gasteiger partial charge in [-0.2, -0.15) is 4.91 Å². The van der Waals surface area contributed by atoms with Crippen molar-refractivity contribution in [2.45, 2.75) is 25.0 Å². The molecule has 0 unspecified atom stereocenters. The zero-order chi connectivity index (χ0) is 16.2. The zero-order valence-electron chi connectivity index (χ0n) is 12.6. The van der Waals surface area contributed by atoms with Gasteiger partial charge in [0.2, 0.25) is 0 Å². The molecule has 3 rings (SSSR count). The lowest BCUT2D eigenvalue weighted by atomic mass is 10.0. The topological polar surface area (TPSA) is 55.7 Å². The molecule has 23 heavy (non-hydrogen) atoms. The van der Waals surface area contributed by atoms with Crippen LogP contribution >= 0.6 is 0 Å². The highest BCUT2D eigenvalue weighted by atomic mass is 16.5. The van der Waals surface area contributed by atoms with Gasteiger partial charge in [-0.15, -0.1) is 0 Å². The van der Waals surface area contributed by atoms with Crippen molar-refractivity contribution in [2.75, 3.05) is 0 Å². The summed E-state index contributed by atoms with van der Waals surface area (Å²) in [4.78, 5) is 22.8. The SMILES string of the molecule is C=C1C[C@@H](OC(=O)c2ccc(-c3ccccc3)cc2)C[C@H]1N=O. The molecule has 0 amide bonds. The summed E-state index contributed by atoms with van der Waals surface area (Å²) < 4.78 is 5.45. The first-order chi connectivity index (χ1) is 11.2. The fourth-order valence-corrected chi connectivity index (χ4v) is 2.78. The smallest absolute Gasteiger partial charge is 0.338 e. The fourth-order valence-electron chi connectivity index (χ4n) is 2.78. The lowest BCUT2D eigenvalue weighted by Crippen LogP contribution is -2.15. The number of nitroso groups, excluding NO2 is 1. The zero-order valence-corrected chi connectivity index (χ0v) is 12.6. The fraction of sp³-hybridized carbons (Fsp3) is 0.211. The van der Waals surface area contributed by atoms with Crippen LogP contribution in [0.5, 0.6) is 0 Å². The van der Waals surface area contributed by atoms with Gasteiger partial charge in [0.25, 0.3) is 0 Å². The summed E-state index contributed by atoms with van der Waals surface area (Å²) in [5.41, 5.74) is 3.37. The number of hydrogen-bond donors (Lipinski definition) is 0. The second kappa shape index (κ2) is 6.57. The monoisotopic (exact) mass is 307 g/mol. The van der Waals surface area contributed by atoms with Gasteiger partial charge in [0.15, 0.2) is 0 Å². The standard InChI is InChI=1S/C19H17NO3/c1-13-11-17(12-18(13)20-22)23-19(21)16-9-7-15(8-10-16)14-5-3-2-4-6-14/h2-10,17-18H,1,11-12H2/t17-,18-/m1/s1. The Morgan fingerprint density at radius 3 is 2.30 bits per heavy atom. The Balaban J connectivity index is 1.67. The summed E-state index contributed by atoms with van der Waals surface area (Å²) in [7, 11) is 0. The molecule has 2 aromatic carbocycles. The Bertz CT molecular complexity index is 722. The lowest BCUT2D eigenvalue weighted by Gasteiger charge is -2.11. The summed E-state index contributed by atoms with van der Waals surface area (Å²) in [5.74, 6) is -0.381. The molecule has 1 saturated carbocycles. The van der Waals surface area contributed by atoms with Gasteiger partial charge in [-0.05, 0) is 28.8 Å². The Hall–Kier alpha value is -2.75. The maximum Gasteiger partial charge on any atom is 0.338 e. The van der Waals surface area contributed by atoms with Gasteiger partial charge in [0.1, 0.15) is 12.1 Å². The summed E-state index contributed by atoms with van der Waals surface area (Å²) >= 11 is 0. The first kappa shape index (κ1) is 15.2. The van der Waals surface area contributed by atoms with Crippen LogP contribution in [0.3, 0.4) is 0 Å². The second-order valence-electron chi connectivity index (χ2n) is 5.69. The first-order valence-electron chi connectivity index (χ1n) is 7.54. The van der Waals surface area contributed by atoms with Gasteiger partial charge < -0.3 is 4.74 Å². The predicted octanol–water partition coefficient (Wildman–Crippen LogP) is 4.36. The van der Waals surface area contributed by atoms with Gasteiger partial charge in [0.05, 0.1) is 5.56 Å². The van der Waals surface area contributed by atoms with E-state index in [0.29, 0.717) is 18.4 Å². The molecule has 0 heterocycles. The highest BCUT2D eigenvalue weighted by Crippen LogP contribution is 2.29. The number of benzene rings is 2. The molecule has 4 heteroatoms. The number of hydrogen-bond acceptors (Lipinski definition) is 4. The molecule has 0 spiro atoms.